The minimum absolute atomic E-state index is 0.109. The number of nitrogens with zero attached hydrogens (tertiary/aromatic N) is 3. The van der Waals surface area contributed by atoms with E-state index in [0.29, 0.717) is 35.4 Å². The standard InChI is InChI=1S/C27H32N4O4S/c1-5-18(16-28)7-6-14-31(36(4,33)34)25-21(19-12-13-19)15-22-23(26(32)29-3)24(35-27(22)30-25)20-10-8-17(2)9-11-20/h8-11,15,18-19H,5-7,12-14H2,1-4H3,(H,29,32). The van der Waals surface area contributed by atoms with Crippen molar-refractivity contribution in [3.63, 3.8) is 0 Å². The first-order valence-corrected chi connectivity index (χ1v) is 14.2. The van der Waals surface area contributed by atoms with Gasteiger partial charge in [0.2, 0.25) is 15.7 Å². The van der Waals surface area contributed by atoms with Crippen LogP contribution in [0, 0.1) is 24.2 Å². The quantitative estimate of drug-likeness (QED) is 0.405. The van der Waals surface area contributed by atoms with Crippen LogP contribution in [0.4, 0.5) is 5.82 Å². The monoisotopic (exact) mass is 508 g/mol. The Hall–Kier alpha value is -3.38. The summed E-state index contributed by atoms with van der Waals surface area (Å²) in [6, 6.07) is 11.8. The molecule has 1 saturated carbocycles. The van der Waals surface area contributed by atoms with E-state index in [1.54, 1.807) is 7.05 Å². The molecular formula is C27H32N4O4S. The average Bonchev–Trinajstić information content (AvgIpc) is 3.63. The summed E-state index contributed by atoms with van der Waals surface area (Å²) in [5, 5.41) is 12.5. The van der Waals surface area contributed by atoms with Gasteiger partial charge in [0.25, 0.3) is 5.91 Å². The lowest BCUT2D eigenvalue weighted by atomic mass is 10.0. The molecule has 36 heavy (non-hydrogen) atoms. The lowest BCUT2D eigenvalue weighted by molar-refractivity contribution is 0.0964. The maximum Gasteiger partial charge on any atom is 0.255 e. The van der Waals surface area contributed by atoms with Gasteiger partial charge in [0, 0.05) is 25.1 Å². The number of carbonyl (C=O) groups is 1. The van der Waals surface area contributed by atoms with Crippen LogP contribution < -0.4 is 9.62 Å². The smallest absolute Gasteiger partial charge is 0.255 e. The van der Waals surface area contributed by atoms with Crippen molar-refractivity contribution in [2.75, 3.05) is 24.2 Å². The number of pyridine rings is 1. The Labute approximate surface area is 212 Å². The van der Waals surface area contributed by atoms with Crippen molar-refractivity contribution in [3.05, 3.63) is 47.0 Å². The van der Waals surface area contributed by atoms with E-state index in [1.165, 1.54) is 10.6 Å². The lowest BCUT2D eigenvalue weighted by Gasteiger charge is -2.24. The highest BCUT2D eigenvalue weighted by Gasteiger charge is 2.34. The van der Waals surface area contributed by atoms with E-state index in [2.05, 4.69) is 11.4 Å². The van der Waals surface area contributed by atoms with Gasteiger partial charge in [-0.05, 0) is 56.6 Å². The first-order valence-electron chi connectivity index (χ1n) is 12.3. The van der Waals surface area contributed by atoms with Gasteiger partial charge in [-0.1, -0.05) is 36.8 Å². The Morgan fingerprint density at radius 1 is 1.31 bits per heavy atom. The Kier molecular flexibility index (Phi) is 7.36. The largest absolute Gasteiger partial charge is 0.437 e. The molecule has 1 N–H and O–H groups in total. The third-order valence-electron chi connectivity index (χ3n) is 6.70. The van der Waals surface area contributed by atoms with Crippen molar-refractivity contribution >= 4 is 32.8 Å². The number of furan rings is 1. The highest BCUT2D eigenvalue weighted by atomic mass is 32.2. The number of benzene rings is 1. The van der Waals surface area contributed by atoms with Gasteiger partial charge < -0.3 is 9.73 Å². The second-order valence-electron chi connectivity index (χ2n) is 9.49. The van der Waals surface area contributed by atoms with E-state index in [9.17, 15) is 18.5 Å². The predicted molar refractivity (Wildman–Crippen MR) is 140 cm³/mol. The Morgan fingerprint density at radius 2 is 2.00 bits per heavy atom. The molecule has 8 nitrogen and oxygen atoms in total. The van der Waals surface area contributed by atoms with Gasteiger partial charge in [0.05, 0.1) is 23.3 Å². The zero-order chi connectivity index (χ0) is 26.0. The molecule has 0 bridgehead atoms. The maximum atomic E-state index is 13.0. The first kappa shape index (κ1) is 25.7. The number of fused-ring (bicyclic) bond motifs is 1. The van der Waals surface area contributed by atoms with Gasteiger partial charge in [0.1, 0.15) is 11.6 Å². The Morgan fingerprint density at radius 3 is 2.56 bits per heavy atom. The van der Waals surface area contributed by atoms with Crippen LogP contribution in [-0.2, 0) is 10.0 Å². The maximum absolute atomic E-state index is 13.0. The Bertz CT molecular complexity index is 1420. The number of nitriles is 1. The topological polar surface area (TPSA) is 116 Å². The number of hydrogen-bond acceptors (Lipinski definition) is 6. The van der Waals surface area contributed by atoms with Crippen LogP contribution in [0.5, 0.6) is 0 Å². The van der Waals surface area contributed by atoms with Crippen LogP contribution in [0.3, 0.4) is 0 Å². The highest BCUT2D eigenvalue weighted by Crippen LogP contribution is 2.46. The lowest BCUT2D eigenvalue weighted by Crippen LogP contribution is -2.32. The third kappa shape index (κ3) is 5.24. The molecule has 0 saturated heterocycles. The number of carbonyl (C=O) groups excluding carboxylic acids is 1. The second kappa shape index (κ2) is 10.3. The molecule has 2 heterocycles. The van der Waals surface area contributed by atoms with E-state index in [1.807, 2.05) is 44.2 Å². The van der Waals surface area contributed by atoms with Crippen molar-refractivity contribution < 1.29 is 17.6 Å². The van der Waals surface area contributed by atoms with Gasteiger partial charge in [-0.3, -0.25) is 9.10 Å². The molecule has 0 aliphatic heterocycles. The third-order valence-corrected chi connectivity index (χ3v) is 7.86. The molecule has 3 aromatic rings. The number of aryl methyl sites for hydroxylation is 1. The highest BCUT2D eigenvalue weighted by molar-refractivity contribution is 7.92. The summed E-state index contributed by atoms with van der Waals surface area (Å²) in [4.78, 5) is 17.7. The number of rotatable bonds is 10. The zero-order valence-corrected chi connectivity index (χ0v) is 22.0. The van der Waals surface area contributed by atoms with E-state index in [4.69, 9.17) is 9.40 Å². The molecule has 9 heteroatoms. The van der Waals surface area contributed by atoms with E-state index < -0.39 is 10.0 Å². The fourth-order valence-electron chi connectivity index (χ4n) is 4.45. The fraction of sp³-hybridized carbons (Fsp3) is 0.444. The van der Waals surface area contributed by atoms with Crippen LogP contribution in [0.25, 0.3) is 22.4 Å². The number of sulfonamides is 1. The SMILES string of the molecule is CCC(C#N)CCCN(c1nc2oc(-c3ccc(C)cc3)c(C(=O)NC)c2cc1C1CC1)S(C)(=O)=O. The van der Waals surface area contributed by atoms with Gasteiger partial charge in [-0.15, -0.1) is 0 Å². The molecule has 4 rings (SSSR count). The van der Waals surface area contributed by atoms with Crippen molar-refractivity contribution in [2.24, 2.45) is 5.92 Å². The van der Waals surface area contributed by atoms with Crippen LogP contribution >= 0.6 is 0 Å². The van der Waals surface area contributed by atoms with E-state index in [-0.39, 0.29) is 30.0 Å². The number of aromatic nitrogens is 1. The van der Waals surface area contributed by atoms with E-state index >= 15 is 0 Å². The molecule has 1 aromatic carbocycles. The summed E-state index contributed by atoms with van der Waals surface area (Å²) < 4.78 is 33.2. The Balaban J connectivity index is 1.86. The van der Waals surface area contributed by atoms with Crippen molar-refractivity contribution in [3.8, 4) is 17.4 Å². The molecule has 2 aromatic heterocycles. The molecule has 1 amide bonds. The van der Waals surface area contributed by atoms with Crippen molar-refractivity contribution in [2.45, 2.75) is 51.9 Å². The first-order chi connectivity index (χ1) is 17.2. The van der Waals surface area contributed by atoms with Crippen LogP contribution in [-0.4, -0.2) is 39.2 Å². The number of amides is 1. The fourth-order valence-corrected chi connectivity index (χ4v) is 5.37. The van der Waals surface area contributed by atoms with Crippen LogP contribution in [0.2, 0.25) is 0 Å². The summed E-state index contributed by atoms with van der Waals surface area (Å²) in [5.74, 6) is 0.537. The van der Waals surface area contributed by atoms with Crippen molar-refractivity contribution in [1.82, 2.24) is 10.3 Å². The molecule has 1 unspecified atom stereocenters. The molecule has 190 valence electrons. The summed E-state index contributed by atoms with van der Waals surface area (Å²) >= 11 is 0. The molecule has 0 radical (unpaired) electrons. The van der Waals surface area contributed by atoms with Gasteiger partial charge in [-0.25, -0.2) is 8.42 Å². The summed E-state index contributed by atoms with van der Waals surface area (Å²) in [7, 11) is -2.07. The van der Waals surface area contributed by atoms with Crippen LogP contribution in [0.1, 0.15) is 66.4 Å². The average molecular weight is 509 g/mol. The molecule has 0 spiro atoms. The van der Waals surface area contributed by atoms with Crippen molar-refractivity contribution in [1.29, 1.82) is 5.26 Å². The molecule has 1 aliphatic rings. The van der Waals surface area contributed by atoms with Crippen LogP contribution in [0.15, 0.2) is 34.7 Å². The molecule has 1 fully saturated rings. The van der Waals surface area contributed by atoms with Gasteiger partial charge >= 0.3 is 0 Å². The molecule has 1 aliphatic carbocycles. The number of nitrogens with one attached hydrogen (secondary N) is 1. The van der Waals surface area contributed by atoms with Gasteiger partial charge in [-0.2, -0.15) is 10.2 Å². The molecule has 1 atom stereocenters. The van der Waals surface area contributed by atoms with E-state index in [0.717, 1.165) is 36.0 Å². The number of hydrogen-bond donors (Lipinski definition) is 1. The van der Waals surface area contributed by atoms with Gasteiger partial charge in [0.15, 0.2) is 0 Å². The predicted octanol–water partition coefficient (Wildman–Crippen LogP) is 5.14. The summed E-state index contributed by atoms with van der Waals surface area (Å²) in [5.41, 5.74) is 3.25. The summed E-state index contributed by atoms with van der Waals surface area (Å²) in [6.45, 7) is 4.16. The minimum atomic E-state index is -3.64. The second-order valence-corrected chi connectivity index (χ2v) is 11.4. The molecular weight excluding hydrogens is 476 g/mol. The normalized spacial score (nSPS) is 14.4. The zero-order valence-electron chi connectivity index (χ0n) is 21.2. The number of anilines is 1. The summed E-state index contributed by atoms with van der Waals surface area (Å²) in [6.07, 6.45) is 4.92. The minimum Gasteiger partial charge on any atom is -0.437 e.